The Balaban J connectivity index is 2.09. The highest BCUT2D eigenvalue weighted by Crippen LogP contribution is 2.23. The number of ether oxygens (including phenoxy) is 2. The molecule has 0 aromatic heterocycles. The lowest BCUT2D eigenvalue weighted by atomic mass is 10.2. The van der Waals surface area contributed by atoms with Gasteiger partial charge in [-0.15, -0.1) is 0 Å². The van der Waals surface area contributed by atoms with E-state index in [1.54, 1.807) is 36.3 Å². The summed E-state index contributed by atoms with van der Waals surface area (Å²) in [6.45, 7) is 0.429. The van der Waals surface area contributed by atoms with E-state index in [0.717, 1.165) is 11.4 Å². The maximum atomic E-state index is 11.7. The Kier molecular flexibility index (Phi) is 3.49. The van der Waals surface area contributed by atoms with Crippen LogP contribution in [0.4, 0.5) is 10.5 Å². The second-order valence-electron chi connectivity index (χ2n) is 3.83. The third-order valence-corrected chi connectivity index (χ3v) is 2.75. The molecule has 1 aromatic rings. The topological polar surface area (TPSA) is 59.0 Å². The first-order chi connectivity index (χ1) is 8.24. The molecule has 1 N–H and O–H groups in total. The van der Waals surface area contributed by atoms with Crippen LogP contribution in [0.2, 0.25) is 0 Å². The molecule has 1 atom stereocenters. The fraction of sp³-hybridized carbons (Fsp3) is 0.417. The van der Waals surface area contributed by atoms with Gasteiger partial charge in [-0.05, 0) is 24.3 Å². The third kappa shape index (κ3) is 2.50. The van der Waals surface area contributed by atoms with Crippen LogP contribution in [-0.2, 0) is 4.74 Å². The minimum Gasteiger partial charge on any atom is -0.497 e. The van der Waals surface area contributed by atoms with Gasteiger partial charge in [0.25, 0.3) is 0 Å². The van der Waals surface area contributed by atoms with Crippen LogP contribution in [0.3, 0.4) is 0 Å². The zero-order valence-electron chi connectivity index (χ0n) is 9.63. The Hall–Kier alpha value is -1.75. The molecule has 2 rings (SSSR count). The summed E-state index contributed by atoms with van der Waals surface area (Å²) in [5.74, 6) is 0.743. The smallest absolute Gasteiger partial charge is 0.414 e. The van der Waals surface area contributed by atoms with Crippen molar-refractivity contribution in [3.05, 3.63) is 24.3 Å². The van der Waals surface area contributed by atoms with E-state index >= 15 is 0 Å². The van der Waals surface area contributed by atoms with Crippen LogP contribution in [-0.4, -0.2) is 37.6 Å². The number of carbonyl (C=O) groups excluding carboxylic acids is 1. The van der Waals surface area contributed by atoms with Gasteiger partial charge in [0.15, 0.2) is 0 Å². The first-order valence-electron chi connectivity index (χ1n) is 5.47. The average molecular weight is 237 g/mol. The lowest BCUT2D eigenvalue weighted by Crippen LogP contribution is -2.43. The second kappa shape index (κ2) is 5.05. The minimum atomic E-state index is -0.416. The Morgan fingerprint density at radius 1 is 1.47 bits per heavy atom. The number of anilines is 1. The number of hydrogen-bond donors (Lipinski definition) is 1. The van der Waals surface area contributed by atoms with Crippen molar-refractivity contribution in [2.45, 2.75) is 12.5 Å². The van der Waals surface area contributed by atoms with Gasteiger partial charge >= 0.3 is 6.09 Å². The number of aliphatic hydroxyl groups excluding tert-OH is 1. The summed E-state index contributed by atoms with van der Waals surface area (Å²) in [6, 6.07) is 7.19. The molecule has 92 valence electrons. The molecule has 1 amide bonds. The van der Waals surface area contributed by atoms with Crippen LogP contribution in [0.5, 0.6) is 5.75 Å². The quantitative estimate of drug-likeness (QED) is 0.863. The van der Waals surface area contributed by atoms with Crippen molar-refractivity contribution in [2.24, 2.45) is 0 Å². The molecule has 5 nitrogen and oxygen atoms in total. The summed E-state index contributed by atoms with van der Waals surface area (Å²) in [6.07, 6.45) is -0.161. The third-order valence-electron chi connectivity index (χ3n) is 2.75. The molecule has 1 heterocycles. The number of amides is 1. The van der Waals surface area contributed by atoms with Crippen molar-refractivity contribution in [1.82, 2.24) is 0 Å². The van der Waals surface area contributed by atoms with Crippen molar-refractivity contribution in [3.63, 3.8) is 0 Å². The highest BCUT2D eigenvalue weighted by Gasteiger charge is 2.27. The first-order valence-corrected chi connectivity index (χ1v) is 5.47. The van der Waals surface area contributed by atoms with E-state index in [2.05, 4.69) is 0 Å². The van der Waals surface area contributed by atoms with Gasteiger partial charge in [-0.2, -0.15) is 0 Å². The lowest BCUT2D eigenvalue weighted by Gasteiger charge is -2.30. The van der Waals surface area contributed by atoms with E-state index in [-0.39, 0.29) is 12.7 Å². The molecule has 0 spiro atoms. The summed E-state index contributed by atoms with van der Waals surface area (Å²) in [7, 11) is 1.59. The molecule has 1 fully saturated rings. The predicted octanol–water partition coefficient (Wildman–Crippen LogP) is 1.40. The molecule has 0 aliphatic carbocycles. The molecule has 0 saturated carbocycles. The summed E-state index contributed by atoms with van der Waals surface area (Å²) >= 11 is 0. The minimum absolute atomic E-state index is 0.123. The van der Waals surface area contributed by atoms with Gasteiger partial charge in [0.05, 0.1) is 13.7 Å². The van der Waals surface area contributed by atoms with E-state index < -0.39 is 6.09 Å². The number of cyclic esters (lactones) is 1. The molecule has 5 heteroatoms. The van der Waals surface area contributed by atoms with Gasteiger partial charge in [0, 0.05) is 18.7 Å². The van der Waals surface area contributed by atoms with E-state index in [1.165, 1.54) is 0 Å². The zero-order valence-corrected chi connectivity index (χ0v) is 9.63. The van der Waals surface area contributed by atoms with Crippen molar-refractivity contribution >= 4 is 11.8 Å². The summed E-state index contributed by atoms with van der Waals surface area (Å²) in [5, 5.41) is 8.92. The van der Waals surface area contributed by atoms with Crippen LogP contribution in [0, 0.1) is 0 Å². The molecule has 1 aromatic carbocycles. The molecule has 1 aliphatic heterocycles. The van der Waals surface area contributed by atoms with Crippen LogP contribution >= 0.6 is 0 Å². The van der Waals surface area contributed by atoms with Crippen molar-refractivity contribution in [1.29, 1.82) is 0 Å². The Morgan fingerprint density at radius 3 is 2.71 bits per heavy atom. The van der Waals surface area contributed by atoms with Gasteiger partial charge in [-0.25, -0.2) is 4.79 Å². The number of aliphatic hydroxyl groups is 1. The SMILES string of the molecule is COc1ccc(N2CCC(CO)OC2=O)cc1. The van der Waals surface area contributed by atoms with E-state index in [0.29, 0.717) is 13.0 Å². The molecule has 17 heavy (non-hydrogen) atoms. The predicted molar refractivity (Wildman–Crippen MR) is 62.3 cm³/mol. The van der Waals surface area contributed by atoms with Crippen LogP contribution in [0.1, 0.15) is 6.42 Å². The maximum Gasteiger partial charge on any atom is 0.414 e. The van der Waals surface area contributed by atoms with Gasteiger partial charge in [0.2, 0.25) is 0 Å². The molecule has 0 bridgehead atoms. The van der Waals surface area contributed by atoms with Gasteiger partial charge in [-0.1, -0.05) is 0 Å². The molecule has 1 saturated heterocycles. The van der Waals surface area contributed by atoms with Crippen molar-refractivity contribution in [2.75, 3.05) is 25.2 Å². The normalized spacial score (nSPS) is 20.0. The number of benzene rings is 1. The first kappa shape index (κ1) is 11.7. The molecular weight excluding hydrogens is 222 g/mol. The fourth-order valence-electron chi connectivity index (χ4n) is 1.75. The number of carbonyl (C=O) groups is 1. The van der Waals surface area contributed by atoms with Gasteiger partial charge < -0.3 is 14.6 Å². The van der Waals surface area contributed by atoms with E-state index in [1.807, 2.05) is 0 Å². The van der Waals surface area contributed by atoms with Crippen LogP contribution < -0.4 is 9.64 Å². The number of hydrogen-bond acceptors (Lipinski definition) is 4. The molecular formula is C12H15NO4. The van der Waals surface area contributed by atoms with Gasteiger partial charge in [-0.3, -0.25) is 4.90 Å². The Bertz CT molecular complexity index is 390. The fourth-order valence-corrected chi connectivity index (χ4v) is 1.75. The number of nitrogens with zero attached hydrogens (tertiary/aromatic N) is 1. The molecule has 1 aliphatic rings. The summed E-state index contributed by atoms with van der Waals surface area (Å²) in [5.41, 5.74) is 0.771. The highest BCUT2D eigenvalue weighted by atomic mass is 16.6. The average Bonchev–Trinajstić information content (AvgIpc) is 2.39. The summed E-state index contributed by atoms with van der Waals surface area (Å²) < 4.78 is 10.1. The van der Waals surface area contributed by atoms with Crippen LogP contribution in [0.15, 0.2) is 24.3 Å². The standard InChI is InChI=1S/C12H15NO4/c1-16-10-4-2-9(3-5-10)13-7-6-11(8-14)17-12(13)15/h2-5,11,14H,6-8H2,1H3. The zero-order chi connectivity index (χ0) is 12.3. The highest BCUT2D eigenvalue weighted by molar-refractivity contribution is 5.88. The lowest BCUT2D eigenvalue weighted by molar-refractivity contribution is 0.0453. The number of rotatable bonds is 3. The Morgan fingerprint density at radius 2 is 2.18 bits per heavy atom. The van der Waals surface area contributed by atoms with Crippen molar-refractivity contribution in [3.8, 4) is 5.75 Å². The second-order valence-corrected chi connectivity index (χ2v) is 3.83. The van der Waals surface area contributed by atoms with E-state index in [9.17, 15) is 4.79 Å². The summed E-state index contributed by atoms with van der Waals surface area (Å²) in [4.78, 5) is 13.2. The monoisotopic (exact) mass is 237 g/mol. The van der Waals surface area contributed by atoms with Crippen molar-refractivity contribution < 1.29 is 19.4 Å². The Labute approximate surface area is 99.6 Å². The maximum absolute atomic E-state index is 11.7. The van der Waals surface area contributed by atoms with E-state index in [4.69, 9.17) is 14.6 Å². The molecule has 1 unspecified atom stereocenters. The van der Waals surface area contributed by atoms with Crippen LogP contribution in [0.25, 0.3) is 0 Å². The van der Waals surface area contributed by atoms with Gasteiger partial charge in [0.1, 0.15) is 11.9 Å². The number of methoxy groups -OCH3 is 1. The molecule has 0 radical (unpaired) electrons. The largest absolute Gasteiger partial charge is 0.497 e.